The summed E-state index contributed by atoms with van der Waals surface area (Å²) in [5.41, 5.74) is 3.98. The second-order valence-corrected chi connectivity index (χ2v) is 7.54. The van der Waals surface area contributed by atoms with Crippen molar-refractivity contribution in [1.82, 2.24) is 24.8 Å². The van der Waals surface area contributed by atoms with Gasteiger partial charge in [0.05, 0.1) is 12.3 Å². The SMILES string of the molecule is COCCCn1c(C)cc(C(=O)CSc2nnnn2Cc2ccccc2)c1C. The number of ether oxygens (including phenoxy) is 1. The zero-order valence-corrected chi connectivity index (χ0v) is 17.3. The van der Waals surface area contributed by atoms with E-state index in [1.54, 1.807) is 11.8 Å². The number of ketones is 1. The summed E-state index contributed by atoms with van der Waals surface area (Å²) in [4.78, 5) is 12.8. The molecular formula is C20H25N5O2S. The molecule has 3 rings (SSSR count). The van der Waals surface area contributed by atoms with E-state index in [2.05, 4.69) is 20.1 Å². The number of thioether (sulfide) groups is 1. The van der Waals surface area contributed by atoms with E-state index < -0.39 is 0 Å². The average molecular weight is 400 g/mol. The highest BCUT2D eigenvalue weighted by atomic mass is 32.2. The van der Waals surface area contributed by atoms with Crippen LogP contribution in [0.1, 0.15) is 33.7 Å². The Balaban J connectivity index is 1.64. The van der Waals surface area contributed by atoms with Crippen molar-refractivity contribution >= 4 is 17.5 Å². The summed E-state index contributed by atoms with van der Waals surface area (Å²) >= 11 is 1.37. The molecule has 0 radical (unpaired) electrons. The number of tetrazole rings is 1. The summed E-state index contributed by atoms with van der Waals surface area (Å²) in [6.45, 7) is 6.17. The average Bonchev–Trinajstić information content (AvgIpc) is 3.25. The molecule has 0 unspecified atom stereocenters. The van der Waals surface area contributed by atoms with Crippen LogP contribution in [0.2, 0.25) is 0 Å². The van der Waals surface area contributed by atoms with Crippen LogP contribution in [0, 0.1) is 13.8 Å². The predicted molar refractivity (Wildman–Crippen MR) is 109 cm³/mol. The van der Waals surface area contributed by atoms with Crippen LogP contribution in [0.25, 0.3) is 0 Å². The van der Waals surface area contributed by atoms with E-state index in [-0.39, 0.29) is 5.78 Å². The number of benzene rings is 1. The summed E-state index contributed by atoms with van der Waals surface area (Å²) < 4.78 is 9.03. The predicted octanol–water partition coefficient (Wildman–Crippen LogP) is 3.15. The maximum Gasteiger partial charge on any atom is 0.210 e. The van der Waals surface area contributed by atoms with Gasteiger partial charge in [0.15, 0.2) is 5.78 Å². The molecule has 2 aromatic heterocycles. The van der Waals surface area contributed by atoms with Gasteiger partial charge >= 0.3 is 0 Å². The van der Waals surface area contributed by atoms with E-state index in [9.17, 15) is 4.79 Å². The molecule has 28 heavy (non-hydrogen) atoms. The standard InChI is InChI=1S/C20H25N5O2S/c1-15-12-18(16(2)24(15)10-7-11-27-3)19(26)14-28-20-21-22-23-25(20)13-17-8-5-4-6-9-17/h4-6,8-9,12H,7,10-11,13-14H2,1-3H3. The van der Waals surface area contributed by atoms with Crippen molar-refractivity contribution in [1.29, 1.82) is 0 Å². The topological polar surface area (TPSA) is 74.8 Å². The van der Waals surface area contributed by atoms with Crippen LogP contribution < -0.4 is 0 Å². The molecule has 1 aromatic carbocycles. The van der Waals surface area contributed by atoms with Crippen molar-refractivity contribution in [3.05, 3.63) is 58.9 Å². The Morgan fingerprint density at radius 1 is 1.21 bits per heavy atom. The lowest BCUT2D eigenvalue weighted by Gasteiger charge is -2.09. The number of Topliss-reactive ketones (excluding diaryl/α,β-unsaturated/α-hetero) is 1. The maximum atomic E-state index is 12.8. The van der Waals surface area contributed by atoms with Gasteiger partial charge in [-0.15, -0.1) is 5.10 Å². The minimum absolute atomic E-state index is 0.0883. The first-order valence-electron chi connectivity index (χ1n) is 9.22. The fraction of sp³-hybridized carbons (Fsp3) is 0.400. The van der Waals surface area contributed by atoms with Gasteiger partial charge in [0.2, 0.25) is 5.16 Å². The third-order valence-electron chi connectivity index (χ3n) is 4.61. The zero-order chi connectivity index (χ0) is 19.9. The summed E-state index contributed by atoms with van der Waals surface area (Å²) in [5, 5.41) is 12.5. The fourth-order valence-corrected chi connectivity index (χ4v) is 3.92. The molecule has 148 valence electrons. The Morgan fingerprint density at radius 3 is 2.75 bits per heavy atom. The van der Waals surface area contributed by atoms with Crippen molar-refractivity contribution < 1.29 is 9.53 Å². The van der Waals surface area contributed by atoms with E-state index in [0.717, 1.165) is 35.5 Å². The summed E-state index contributed by atoms with van der Waals surface area (Å²) in [5.74, 6) is 0.391. The number of carbonyl (C=O) groups excluding carboxylic acids is 1. The summed E-state index contributed by atoms with van der Waals surface area (Å²) in [7, 11) is 1.70. The van der Waals surface area contributed by atoms with Crippen LogP contribution in [0.5, 0.6) is 0 Å². The van der Waals surface area contributed by atoms with E-state index in [4.69, 9.17) is 4.74 Å². The van der Waals surface area contributed by atoms with E-state index in [1.165, 1.54) is 11.8 Å². The van der Waals surface area contributed by atoms with Gasteiger partial charge in [-0.25, -0.2) is 4.68 Å². The van der Waals surface area contributed by atoms with Gasteiger partial charge in [-0.1, -0.05) is 42.1 Å². The largest absolute Gasteiger partial charge is 0.385 e. The Labute approximate surface area is 169 Å². The molecule has 8 heteroatoms. The normalized spacial score (nSPS) is 11.1. The van der Waals surface area contributed by atoms with Gasteiger partial charge in [-0.3, -0.25) is 4.79 Å². The Bertz CT molecular complexity index is 920. The number of hydrogen-bond acceptors (Lipinski definition) is 6. The van der Waals surface area contributed by atoms with Gasteiger partial charge in [0.25, 0.3) is 0 Å². The first-order chi connectivity index (χ1) is 13.6. The first-order valence-corrected chi connectivity index (χ1v) is 10.2. The molecule has 3 aromatic rings. The molecule has 0 N–H and O–H groups in total. The van der Waals surface area contributed by atoms with Crippen LogP contribution in [0.15, 0.2) is 41.6 Å². The summed E-state index contributed by atoms with van der Waals surface area (Å²) in [6, 6.07) is 12.0. The zero-order valence-electron chi connectivity index (χ0n) is 16.5. The first kappa shape index (κ1) is 20.3. The number of hydrogen-bond donors (Lipinski definition) is 0. The van der Waals surface area contributed by atoms with Gasteiger partial charge in [-0.05, 0) is 42.3 Å². The highest BCUT2D eigenvalue weighted by Crippen LogP contribution is 2.21. The third kappa shape index (κ3) is 4.88. The van der Waals surface area contributed by atoms with Gasteiger partial charge in [-0.2, -0.15) is 0 Å². The molecule has 0 bridgehead atoms. The quantitative estimate of drug-likeness (QED) is 0.296. The van der Waals surface area contributed by atoms with Gasteiger partial charge in [0, 0.05) is 37.2 Å². The van der Waals surface area contributed by atoms with Crippen LogP contribution in [0.4, 0.5) is 0 Å². The molecule has 0 aliphatic carbocycles. The minimum Gasteiger partial charge on any atom is -0.385 e. The lowest BCUT2D eigenvalue weighted by Crippen LogP contribution is -2.09. The monoisotopic (exact) mass is 399 g/mol. The molecule has 0 amide bonds. The number of rotatable bonds is 10. The number of nitrogens with zero attached hydrogens (tertiary/aromatic N) is 5. The fourth-order valence-electron chi connectivity index (χ4n) is 3.16. The maximum absolute atomic E-state index is 12.8. The second kappa shape index (κ2) is 9.66. The van der Waals surface area contributed by atoms with Crippen molar-refractivity contribution in [2.75, 3.05) is 19.5 Å². The van der Waals surface area contributed by atoms with E-state index in [0.29, 0.717) is 24.1 Å². The van der Waals surface area contributed by atoms with Crippen LogP contribution in [-0.2, 0) is 17.8 Å². The Hall–Kier alpha value is -2.45. The van der Waals surface area contributed by atoms with Crippen LogP contribution >= 0.6 is 11.8 Å². The molecular weight excluding hydrogens is 374 g/mol. The molecule has 7 nitrogen and oxygen atoms in total. The third-order valence-corrected chi connectivity index (χ3v) is 5.57. The molecule has 0 aliphatic heterocycles. The lowest BCUT2D eigenvalue weighted by atomic mass is 10.2. The molecule has 0 atom stereocenters. The Kier molecular flexibility index (Phi) is 7.00. The second-order valence-electron chi connectivity index (χ2n) is 6.60. The van der Waals surface area contributed by atoms with Crippen molar-refractivity contribution in [3.63, 3.8) is 0 Å². The van der Waals surface area contributed by atoms with Crippen LogP contribution in [-0.4, -0.2) is 50.0 Å². The van der Waals surface area contributed by atoms with Crippen LogP contribution in [0.3, 0.4) is 0 Å². The van der Waals surface area contributed by atoms with Gasteiger partial charge in [0.1, 0.15) is 0 Å². The van der Waals surface area contributed by atoms with E-state index >= 15 is 0 Å². The molecule has 2 heterocycles. The number of aromatic nitrogens is 5. The highest BCUT2D eigenvalue weighted by Gasteiger charge is 2.17. The molecule has 0 saturated heterocycles. The summed E-state index contributed by atoms with van der Waals surface area (Å²) in [6.07, 6.45) is 0.920. The van der Waals surface area contributed by atoms with Crippen molar-refractivity contribution in [2.45, 2.75) is 38.5 Å². The molecule has 0 fully saturated rings. The molecule has 0 saturated carbocycles. The molecule has 0 spiro atoms. The van der Waals surface area contributed by atoms with Crippen molar-refractivity contribution in [3.8, 4) is 0 Å². The van der Waals surface area contributed by atoms with Crippen molar-refractivity contribution in [2.24, 2.45) is 0 Å². The number of carbonyl (C=O) groups is 1. The van der Waals surface area contributed by atoms with E-state index in [1.807, 2.05) is 50.2 Å². The number of methoxy groups -OCH3 is 1. The number of aryl methyl sites for hydroxylation is 1. The minimum atomic E-state index is 0.0883. The van der Waals surface area contributed by atoms with Gasteiger partial charge < -0.3 is 9.30 Å². The molecule has 0 aliphatic rings. The Morgan fingerprint density at radius 2 is 2.00 bits per heavy atom. The lowest BCUT2D eigenvalue weighted by molar-refractivity contribution is 0.102. The smallest absolute Gasteiger partial charge is 0.210 e. The highest BCUT2D eigenvalue weighted by molar-refractivity contribution is 7.99.